The van der Waals surface area contributed by atoms with Crippen LogP contribution in [-0.4, -0.2) is 11.9 Å². The molecular weight excluding hydrogens is 609 g/mol. The number of benzene rings is 6. The molecule has 0 amide bonds. The fourth-order valence-electron chi connectivity index (χ4n) is 4.36. The van der Waals surface area contributed by atoms with Gasteiger partial charge in [0.15, 0.2) is 29.4 Å². The van der Waals surface area contributed by atoms with Crippen molar-refractivity contribution in [3.8, 4) is 0 Å². The number of aliphatic carboxylic acids is 2. The van der Waals surface area contributed by atoms with E-state index in [2.05, 4.69) is 182 Å². The Balaban J connectivity index is 0.000000170. The van der Waals surface area contributed by atoms with Crippen LogP contribution < -0.4 is 10.2 Å². The standard InChI is InChI=1S/2C18H15S.C4H6O4/c2*1-4-10-16(11-5-1)19(17-12-6-2-7-13-17)18-14-8-3-9-15-18;5-3(6)1-2-4(7)8/h2*1-15H;1-2H2,(H,5,6)(H,7,8)/q2*+1;/p-2. The quantitative estimate of drug-likeness (QED) is 0.162. The average Bonchev–Trinajstić information content (AvgIpc) is 3.11. The van der Waals surface area contributed by atoms with E-state index in [9.17, 15) is 19.8 Å². The molecule has 46 heavy (non-hydrogen) atoms. The maximum Gasteiger partial charge on any atom is 0.166 e. The lowest BCUT2D eigenvalue weighted by Crippen LogP contribution is -2.27. The second kappa shape index (κ2) is 18.7. The summed E-state index contributed by atoms with van der Waals surface area (Å²) in [6.45, 7) is 0. The molecule has 0 saturated heterocycles. The molecule has 6 aromatic rings. The van der Waals surface area contributed by atoms with Crippen LogP contribution in [0.4, 0.5) is 0 Å². The molecule has 0 bridgehead atoms. The topological polar surface area (TPSA) is 80.3 Å². The number of carbonyl (C=O) groups excluding carboxylic acids is 2. The van der Waals surface area contributed by atoms with Gasteiger partial charge in [0.25, 0.3) is 0 Å². The molecular formula is C40H34O4S2. The van der Waals surface area contributed by atoms with Crippen molar-refractivity contribution < 1.29 is 19.8 Å². The van der Waals surface area contributed by atoms with Crippen LogP contribution in [0, 0.1) is 0 Å². The number of carboxylic acid groups (broad SMARTS) is 2. The predicted octanol–water partition coefficient (Wildman–Crippen LogP) is 6.83. The molecule has 6 rings (SSSR count). The van der Waals surface area contributed by atoms with Gasteiger partial charge in [-0.1, -0.05) is 109 Å². The van der Waals surface area contributed by atoms with Gasteiger partial charge < -0.3 is 19.8 Å². The molecule has 4 nitrogen and oxygen atoms in total. The molecule has 0 unspecified atom stereocenters. The number of hydrogen-bond acceptors (Lipinski definition) is 4. The molecule has 0 radical (unpaired) electrons. The zero-order valence-corrected chi connectivity index (χ0v) is 26.8. The summed E-state index contributed by atoms with van der Waals surface area (Å²) in [5.41, 5.74) is 0. The third-order valence-corrected chi connectivity index (χ3v) is 10.9. The highest BCUT2D eigenvalue weighted by Crippen LogP contribution is 2.31. The molecule has 0 spiro atoms. The molecule has 0 aliphatic rings. The lowest BCUT2D eigenvalue weighted by Gasteiger charge is -2.07. The first-order valence-electron chi connectivity index (χ1n) is 14.7. The maximum atomic E-state index is 9.50. The summed E-state index contributed by atoms with van der Waals surface area (Å²) in [6, 6.07) is 64.3. The second-order valence-corrected chi connectivity index (χ2v) is 13.8. The van der Waals surface area contributed by atoms with Crippen molar-refractivity contribution >= 4 is 33.7 Å². The number of carbonyl (C=O) groups is 2. The van der Waals surface area contributed by atoms with Crippen molar-refractivity contribution in [2.75, 3.05) is 0 Å². The van der Waals surface area contributed by atoms with Crippen LogP contribution in [0.3, 0.4) is 0 Å². The van der Waals surface area contributed by atoms with Crippen molar-refractivity contribution in [2.24, 2.45) is 0 Å². The Morgan fingerprint density at radius 1 is 0.326 bits per heavy atom. The van der Waals surface area contributed by atoms with E-state index in [1.165, 1.54) is 29.4 Å². The molecule has 0 atom stereocenters. The highest BCUT2D eigenvalue weighted by Gasteiger charge is 2.28. The average molecular weight is 643 g/mol. The van der Waals surface area contributed by atoms with E-state index in [0.717, 1.165) is 0 Å². The van der Waals surface area contributed by atoms with Gasteiger partial charge in [-0.25, -0.2) is 0 Å². The molecule has 0 N–H and O–H groups in total. The van der Waals surface area contributed by atoms with Gasteiger partial charge in [-0.2, -0.15) is 0 Å². The molecule has 230 valence electrons. The zero-order chi connectivity index (χ0) is 32.4. The molecule has 0 aromatic heterocycles. The first kappa shape index (κ1) is 33.8. The van der Waals surface area contributed by atoms with Crippen LogP contribution in [0.25, 0.3) is 0 Å². The summed E-state index contributed by atoms with van der Waals surface area (Å²) in [5, 5.41) is 19.0. The molecule has 0 saturated carbocycles. The van der Waals surface area contributed by atoms with Gasteiger partial charge >= 0.3 is 0 Å². The first-order chi connectivity index (χ1) is 22.5. The van der Waals surface area contributed by atoms with E-state index in [1.807, 2.05) is 0 Å². The highest BCUT2D eigenvalue weighted by molar-refractivity contribution is 7.97. The van der Waals surface area contributed by atoms with E-state index in [-0.39, 0.29) is 21.8 Å². The Bertz CT molecular complexity index is 1400. The van der Waals surface area contributed by atoms with E-state index in [4.69, 9.17) is 0 Å². The van der Waals surface area contributed by atoms with E-state index >= 15 is 0 Å². The van der Waals surface area contributed by atoms with Crippen LogP contribution >= 0.6 is 0 Å². The van der Waals surface area contributed by atoms with Crippen molar-refractivity contribution in [2.45, 2.75) is 42.2 Å². The second-order valence-electron chi connectivity index (χ2n) is 9.73. The number of rotatable bonds is 9. The van der Waals surface area contributed by atoms with Crippen LogP contribution in [0.2, 0.25) is 0 Å². The number of hydrogen-bond donors (Lipinski definition) is 0. The Kier molecular flexibility index (Phi) is 13.8. The van der Waals surface area contributed by atoms with Crippen molar-refractivity contribution in [1.82, 2.24) is 0 Å². The van der Waals surface area contributed by atoms with E-state index in [1.54, 1.807) is 0 Å². The molecule has 0 aliphatic carbocycles. The minimum atomic E-state index is -1.37. The largest absolute Gasteiger partial charge is 0.550 e. The van der Waals surface area contributed by atoms with E-state index < -0.39 is 24.8 Å². The Labute approximate surface area is 276 Å². The third-order valence-electron chi connectivity index (χ3n) is 6.41. The monoisotopic (exact) mass is 642 g/mol. The predicted molar refractivity (Wildman–Crippen MR) is 182 cm³/mol. The van der Waals surface area contributed by atoms with E-state index in [0.29, 0.717) is 0 Å². The summed E-state index contributed by atoms with van der Waals surface area (Å²) in [6.07, 6.45) is -0.940. The van der Waals surface area contributed by atoms with Gasteiger partial charge in [0.1, 0.15) is 0 Å². The highest BCUT2D eigenvalue weighted by atomic mass is 32.2. The van der Waals surface area contributed by atoms with Crippen LogP contribution in [0.5, 0.6) is 0 Å². The van der Waals surface area contributed by atoms with Crippen LogP contribution in [-0.2, 0) is 31.4 Å². The summed E-state index contributed by atoms with van der Waals surface area (Å²) in [7, 11) is -0.0293. The lowest BCUT2D eigenvalue weighted by atomic mass is 10.3. The lowest BCUT2D eigenvalue weighted by molar-refractivity contribution is -0.315. The summed E-state index contributed by atoms with van der Waals surface area (Å²) in [4.78, 5) is 27.2. The van der Waals surface area contributed by atoms with Crippen molar-refractivity contribution in [1.29, 1.82) is 0 Å². The fraction of sp³-hybridized carbons (Fsp3) is 0.0500. The van der Waals surface area contributed by atoms with Crippen LogP contribution in [0.1, 0.15) is 12.8 Å². The SMILES string of the molecule is O=C([O-])CCC(=O)[O-].c1ccc([S+](c2ccccc2)c2ccccc2)cc1.c1ccc([S+](c2ccccc2)c2ccccc2)cc1. The fourth-order valence-corrected chi connectivity index (χ4v) is 8.57. The molecule has 0 aliphatic heterocycles. The molecule has 6 heteroatoms. The third kappa shape index (κ3) is 10.8. The zero-order valence-electron chi connectivity index (χ0n) is 25.2. The van der Waals surface area contributed by atoms with Gasteiger partial charge in [0.05, 0.1) is 21.8 Å². The van der Waals surface area contributed by atoms with Crippen molar-refractivity contribution in [3.63, 3.8) is 0 Å². The van der Waals surface area contributed by atoms with Gasteiger partial charge in [-0.15, -0.1) is 0 Å². The maximum absolute atomic E-state index is 9.50. The summed E-state index contributed by atoms with van der Waals surface area (Å²) < 4.78 is 0. The minimum Gasteiger partial charge on any atom is -0.550 e. The van der Waals surface area contributed by atoms with Gasteiger partial charge in [-0.3, -0.25) is 0 Å². The van der Waals surface area contributed by atoms with Crippen molar-refractivity contribution in [3.05, 3.63) is 182 Å². The minimum absolute atomic E-state index is 0.0146. The molecule has 6 aromatic carbocycles. The van der Waals surface area contributed by atoms with Gasteiger partial charge in [0, 0.05) is 11.9 Å². The summed E-state index contributed by atoms with van der Waals surface area (Å²) >= 11 is 0. The normalized spacial score (nSPS) is 10.2. The Morgan fingerprint density at radius 2 is 0.478 bits per heavy atom. The summed E-state index contributed by atoms with van der Waals surface area (Å²) in [5.74, 6) is -2.73. The molecule has 0 fully saturated rings. The Hall–Kier alpha value is -5.04. The number of carboxylic acids is 2. The smallest absolute Gasteiger partial charge is 0.166 e. The van der Waals surface area contributed by atoms with Crippen LogP contribution in [0.15, 0.2) is 211 Å². The van der Waals surface area contributed by atoms with Gasteiger partial charge in [-0.05, 0) is 85.6 Å². The van der Waals surface area contributed by atoms with Gasteiger partial charge in [0.2, 0.25) is 0 Å². The first-order valence-corrected chi connectivity index (χ1v) is 17.2. The Morgan fingerprint density at radius 3 is 0.609 bits per heavy atom. The molecule has 0 heterocycles.